The predicted octanol–water partition coefficient (Wildman–Crippen LogP) is 3.44. The van der Waals surface area contributed by atoms with Crippen molar-refractivity contribution in [2.75, 3.05) is 5.32 Å². The average molecular weight is 398 g/mol. The summed E-state index contributed by atoms with van der Waals surface area (Å²) in [5, 5.41) is 7.94. The number of hydrogen-bond donors (Lipinski definition) is 2. The fourth-order valence-corrected chi connectivity index (χ4v) is 3.99. The molecule has 6 nitrogen and oxygen atoms in total. The van der Waals surface area contributed by atoms with Gasteiger partial charge < -0.3 is 9.88 Å². The van der Waals surface area contributed by atoms with Crippen LogP contribution in [0.1, 0.15) is 32.9 Å². The molecule has 0 atom stereocenters. The number of aryl methyl sites for hydroxylation is 2. The molecule has 0 fully saturated rings. The van der Waals surface area contributed by atoms with E-state index in [9.17, 15) is 13.2 Å². The van der Waals surface area contributed by atoms with Crippen LogP contribution in [-0.4, -0.2) is 18.9 Å². The second kappa shape index (κ2) is 7.61. The molecule has 3 rings (SSSR count). The zero-order valence-corrected chi connectivity index (χ0v) is 16.9. The van der Waals surface area contributed by atoms with E-state index >= 15 is 0 Å². The van der Waals surface area contributed by atoms with E-state index in [-0.39, 0.29) is 11.7 Å². The average Bonchev–Trinajstić information content (AvgIpc) is 2.89. The van der Waals surface area contributed by atoms with Crippen molar-refractivity contribution in [1.29, 1.82) is 0 Å². The molecule has 3 N–H and O–H groups in total. The maximum atomic E-state index is 12.8. The fraction of sp³-hybridized carbons (Fsp3) is 0.190. The highest BCUT2D eigenvalue weighted by Crippen LogP contribution is 2.24. The first-order valence-corrected chi connectivity index (χ1v) is 10.5. The van der Waals surface area contributed by atoms with Crippen LogP contribution in [0.4, 0.5) is 5.69 Å². The van der Waals surface area contributed by atoms with Crippen molar-refractivity contribution in [3.8, 4) is 5.69 Å². The van der Waals surface area contributed by atoms with Crippen molar-refractivity contribution in [3.05, 3.63) is 82.7 Å². The number of hydrogen-bond acceptors (Lipinski definition) is 3. The lowest BCUT2D eigenvalue weighted by atomic mass is 10.2. The lowest BCUT2D eigenvalue weighted by molar-refractivity contribution is 0.102. The van der Waals surface area contributed by atoms with Gasteiger partial charge in [0, 0.05) is 22.8 Å². The molecule has 146 valence electrons. The number of sulfonamides is 1. The summed E-state index contributed by atoms with van der Waals surface area (Å²) in [6.07, 6.45) is 0. The first-order valence-electron chi connectivity index (χ1n) is 8.81. The van der Waals surface area contributed by atoms with Crippen molar-refractivity contribution in [3.63, 3.8) is 0 Å². The van der Waals surface area contributed by atoms with Gasteiger partial charge in [-0.05, 0) is 56.2 Å². The third kappa shape index (κ3) is 4.32. The maximum Gasteiger partial charge on any atom is 0.257 e. The van der Waals surface area contributed by atoms with Crippen LogP contribution in [0.2, 0.25) is 0 Å². The molecule has 0 spiro atoms. The van der Waals surface area contributed by atoms with Gasteiger partial charge in [0.15, 0.2) is 0 Å². The molecule has 1 heterocycles. The van der Waals surface area contributed by atoms with Crippen LogP contribution in [-0.2, 0) is 15.8 Å². The summed E-state index contributed by atoms with van der Waals surface area (Å²) in [5.41, 5.74) is 5.55. The van der Waals surface area contributed by atoms with Crippen LogP contribution in [0.15, 0.2) is 54.6 Å². The molecule has 7 heteroatoms. The van der Waals surface area contributed by atoms with Crippen molar-refractivity contribution in [2.45, 2.75) is 26.5 Å². The smallest absolute Gasteiger partial charge is 0.257 e. The van der Waals surface area contributed by atoms with Gasteiger partial charge in [0.2, 0.25) is 10.0 Å². The highest BCUT2D eigenvalue weighted by atomic mass is 32.2. The lowest BCUT2D eigenvalue weighted by Crippen LogP contribution is -2.15. The number of rotatable bonds is 5. The van der Waals surface area contributed by atoms with Crippen molar-refractivity contribution in [2.24, 2.45) is 5.14 Å². The number of para-hydroxylation sites is 1. The first kappa shape index (κ1) is 19.9. The topological polar surface area (TPSA) is 94.2 Å². The Morgan fingerprint density at radius 3 is 2.43 bits per heavy atom. The Morgan fingerprint density at radius 1 is 1.04 bits per heavy atom. The van der Waals surface area contributed by atoms with Gasteiger partial charge in [0.25, 0.3) is 5.91 Å². The van der Waals surface area contributed by atoms with E-state index in [1.807, 2.05) is 51.1 Å². The Morgan fingerprint density at radius 2 is 1.75 bits per heavy atom. The summed E-state index contributed by atoms with van der Waals surface area (Å²) in [4.78, 5) is 12.8. The Labute approximate surface area is 165 Å². The number of anilines is 1. The molecule has 0 saturated carbocycles. The quantitative estimate of drug-likeness (QED) is 0.690. The van der Waals surface area contributed by atoms with Gasteiger partial charge in [0.1, 0.15) is 0 Å². The van der Waals surface area contributed by atoms with Gasteiger partial charge in [-0.15, -0.1) is 0 Å². The summed E-state index contributed by atoms with van der Waals surface area (Å²) in [6.45, 7) is 5.90. The molecule has 28 heavy (non-hydrogen) atoms. The molecule has 2 aromatic carbocycles. The number of nitrogens with two attached hydrogens (primary N) is 1. The van der Waals surface area contributed by atoms with Crippen LogP contribution >= 0.6 is 0 Å². The molecule has 1 aromatic heterocycles. The molecule has 0 saturated heterocycles. The second-order valence-corrected chi connectivity index (χ2v) is 8.48. The zero-order chi connectivity index (χ0) is 20.5. The zero-order valence-electron chi connectivity index (χ0n) is 16.1. The van der Waals surface area contributed by atoms with Crippen LogP contribution in [0.25, 0.3) is 5.69 Å². The minimum atomic E-state index is -3.63. The van der Waals surface area contributed by atoms with Gasteiger partial charge in [-0.1, -0.05) is 30.3 Å². The van der Waals surface area contributed by atoms with Gasteiger partial charge in [-0.2, -0.15) is 0 Å². The molecule has 0 bridgehead atoms. The third-order valence-electron chi connectivity index (χ3n) is 4.58. The number of nitrogens with zero attached hydrogens (tertiary/aromatic N) is 1. The largest absolute Gasteiger partial charge is 0.322 e. The second-order valence-electron chi connectivity index (χ2n) is 6.87. The van der Waals surface area contributed by atoms with E-state index in [0.29, 0.717) is 16.8 Å². The SMILES string of the molecule is Cc1ccccc1-n1c(C)cc(C(=O)Nc2cccc(CS(N)(=O)=O)c2)c1C. The highest BCUT2D eigenvalue weighted by Gasteiger charge is 2.18. The number of carbonyl (C=O) groups is 1. The van der Waals surface area contributed by atoms with Crippen LogP contribution in [0, 0.1) is 20.8 Å². The molecule has 0 aliphatic carbocycles. The highest BCUT2D eigenvalue weighted by molar-refractivity contribution is 7.88. The van der Waals surface area contributed by atoms with E-state index in [2.05, 4.69) is 9.88 Å². The van der Waals surface area contributed by atoms with Crippen molar-refractivity contribution < 1.29 is 13.2 Å². The minimum Gasteiger partial charge on any atom is -0.322 e. The number of amides is 1. The van der Waals surface area contributed by atoms with Crippen LogP contribution in [0.3, 0.4) is 0 Å². The standard InChI is InChI=1S/C21H23N3O3S/c1-14-7-4-5-10-20(14)24-15(2)11-19(16(24)3)21(25)23-18-9-6-8-17(12-18)13-28(22,26)27/h4-12H,13H2,1-3H3,(H,23,25)(H2,22,26,27). The molecule has 0 aliphatic rings. The summed E-state index contributed by atoms with van der Waals surface area (Å²) in [5.74, 6) is -0.529. The van der Waals surface area contributed by atoms with Gasteiger partial charge in [-0.25, -0.2) is 13.6 Å². The van der Waals surface area contributed by atoms with E-state index in [4.69, 9.17) is 5.14 Å². The number of nitrogens with one attached hydrogen (secondary N) is 1. The predicted molar refractivity (Wildman–Crippen MR) is 111 cm³/mol. The van der Waals surface area contributed by atoms with E-state index < -0.39 is 10.0 Å². The Hall–Kier alpha value is -2.90. The monoisotopic (exact) mass is 397 g/mol. The molecular formula is C21H23N3O3S. The Kier molecular flexibility index (Phi) is 5.40. The van der Waals surface area contributed by atoms with E-state index in [1.165, 1.54) is 0 Å². The van der Waals surface area contributed by atoms with Crippen molar-refractivity contribution in [1.82, 2.24) is 4.57 Å². The van der Waals surface area contributed by atoms with E-state index in [0.717, 1.165) is 22.6 Å². The molecule has 3 aromatic rings. The molecule has 1 amide bonds. The molecule has 0 radical (unpaired) electrons. The molecule has 0 unspecified atom stereocenters. The van der Waals surface area contributed by atoms with Crippen molar-refractivity contribution >= 4 is 21.6 Å². The van der Waals surface area contributed by atoms with Gasteiger partial charge in [0.05, 0.1) is 11.3 Å². The van der Waals surface area contributed by atoms with Crippen LogP contribution in [0.5, 0.6) is 0 Å². The summed E-state index contributed by atoms with van der Waals surface area (Å²) < 4.78 is 24.6. The normalized spacial score (nSPS) is 11.4. The fourth-order valence-electron chi connectivity index (χ4n) is 3.35. The Bertz CT molecular complexity index is 1150. The Balaban J connectivity index is 1.90. The molecule has 0 aliphatic heterocycles. The number of aromatic nitrogens is 1. The maximum absolute atomic E-state index is 12.8. The van der Waals surface area contributed by atoms with Gasteiger partial charge in [-0.3, -0.25) is 4.79 Å². The molecular weight excluding hydrogens is 374 g/mol. The van der Waals surface area contributed by atoms with Gasteiger partial charge >= 0.3 is 0 Å². The summed E-state index contributed by atoms with van der Waals surface area (Å²) in [6, 6.07) is 16.5. The van der Waals surface area contributed by atoms with Crippen LogP contribution < -0.4 is 10.5 Å². The van der Waals surface area contributed by atoms with E-state index in [1.54, 1.807) is 24.3 Å². The first-order chi connectivity index (χ1) is 13.2. The summed E-state index contributed by atoms with van der Waals surface area (Å²) in [7, 11) is -3.63. The third-order valence-corrected chi connectivity index (χ3v) is 5.32. The lowest BCUT2D eigenvalue weighted by Gasteiger charge is -2.13. The number of benzene rings is 2. The number of primary sulfonamides is 1. The summed E-state index contributed by atoms with van der Waals surface area (Å²) >= 11 is 0. The minimum absolute atomic E-state index is 0.249. The number of carbonyl (C=O) groups excluding carboxylic acids is 1.